The predicted octanol–water partition coefficient (Wildman–Crippen LogP) is 1.97. The highest BCUT2D eigenvalue weighted by Crippen LogP contribution is 2.59. The molecule has 8 nitrogen and oxygen atoms in total. The summed E-state index contributed by atoms with van der Waals surface area (Å²) in [6, 6.07) is 5.07. The number of rotatable bonds is 6. The molecule has 4 bridgehead atoms. The molecular weight excluding hydrogens is 394 g/mol. The highest BCUT2D eigenvalue weighted by molar-refractivity contribution is 5.98. The summed E-state index contributed by atoms with van der Waals surface area (Å²) in [5.41, 5.74) is 12.2. The molecule has 0 aromatic carbocycles. The number of fused-ring (bicyclic) bond motifs is 1. The van der Waals surface area contributed by atoms with Gasteiger partial charge in [-0.1, -0.05) is 6.07 Å². The second kappa shape index (κ2) is 7.07. The molecule has 2 aromatic rings. The maximum Gasteiger partial charge on any atom is 0.269 e. The Labute approximate surface area is 180 Å². The summed E-state index contributed by atoms with van der Waals surface area (Å²) in [7, 11) is 0. The van der Waals surface area contributed by atoms with E-state index in [0.717, 1.165) is 17.8 Å². The Bertz CT molecular complexity index is 1050. The molecule has 0 radical (unpaired) electrons. The number of aromatic nitrogens is 2. The van der Waals surface area contributed by atoms with Crippen molar-refractivity contribution < 1.29 is 14.4 Å². The van der Waals surface area contributed by atoms with E-state index < -0.39 is 17.7 Å². The van der Waals surface area contributed by atoms with E-state index in [-0.39, 0.29) is 22.7 Å². The molecule has 1 atom stereocenters. The summed E-state index contributed by atoms with van der Waals surface area (Å²) in [5, 5.41) is 3.16. The molecule has 8 heteroatoms. The summed E-state index contributed by atoms with van der Waals surface area (Å²) in [4.78, 5) is 41.4. The molecule has 6 rings (SSSR count). The van der Waals surface area contributed by atoms with Crippen LogP contribution in [0.2, 0.25) is 0 Å². The maximum absolute atomic E-state index is 13.3. The number of primary amides is 2. The van der Waals surface area contributed by atoms with E-state index in [4.69, 9.17) is 11.5 Å². The third-order valence-electron chi connectivity index (χ3n) is 7.77. The average molecular weight is 424 g/mol. The summed E-state index contributed by atoms with van der Waals surface area (Å²) < 4.78 is 1.55. The Morgan fingerprint density at radius 1 is 1.13 bits per heavy atom. The number of nitrogens with one attached hydrogen (secondary N) is 1. The first-order valence-corrected chi connectivity index (χ1v) is 11.1. The first-order valence-electron chi connectivity index (χ1n) is 11.1. The monoisotopic (exact) mass is 423 g/mol. The average Bonchev–Trinajstić information content (AvgIpc) is 3.10. The molecule has 0 aliphatic heterocycles. The number of carbonyl (C=O) groups is 3. The van der Waals surface area contributed by atoms with Crippen molar-refractivity contribution in [2.24, 2.45) is 34.6 Å². The van der Waals surface area contributed by atoms with Crippen LogP contribution in [-0.4, -0.2) is 33.7 Å². The zero-order valence-electron chi connectivity index (χ0n) is 17.8. The fourth-order valence-corrected chi connectivity index (χ4v) is 6.87. The molecule has 0 saturated heterocycles. The Morgan fingerprint density at radius 3 is 2.29 bits per heavy atom. The predicted molar refractivity (Wildman–Crippen MR) is 114 cm³/mol. The van der Waals surface area contributed by atoms with Crippen molar-refractivity contribution in [1.29, 1.82) is 0 Å². The fraction of sp³-hybridized carbons (Fsp3) is 0.565. The number of nitrogens with two attached hydrogens (primary N) is 2. The lowest BCUT2D eigenvalue weighted by molar-refractivity contribution is -0.119. The Kier molecular flexibility index (Phi) is 4.57. The van der Waals surface area contributed by atoms with E-state index in [1.54, 1.807) is 29.5 Å². The highest BCUT2D eigenvalue weighted by Gasteiger charge is 2.50. The third kappa shape index (κ3) is 3.28. The molecule has 2 heterocycles. The van der Waals surface area contributed by atoms with E-state index >= 15 is 0 Å². The number of carbonyl (C=O) groups excluding carboxylic acids is 3. The van der Waals surface area contributed by atoms with Crippen LogP contribution >= 0.6 is 0 Å². The first-order chi connectivity index (χ1) is 14.8. The van der Waals surface area contributed by atoms with Gasteiger partial charge >= 0.3 is 0 Å². The van der Waals surface area contributed by atoms with E-state index in [0.29, 0.717) is 17.9 Å². The minimum atomic E-state index is -0.824. The lowest BCUT2D eigenvalue weighted by Crippen LogP contribution is -2.51. The quantitative estimate of drug-likeness (QED) is 0.655. The zero-order valence-corrected chi connectivity index (χ0v) is 17.8. The molecule has 0 spiro atoms. The second-order valence-corrected chi connectivity index (χ2v) is 10.0. The van der Waals surface area contributed by atoms with Crippen molar-refractivity contribution >= 4 is 23.4 Å². The van der Waals surface area contributed by atoms with Crippen molar-refractivity contribution in [3.63, 3.8) is 0 Å². The van der Waals surface area contributed by atoms with Gasteiger partial charge in [-0.25, -0.2) is 4.98 Å². The molecule has 4 fully saturated rings. The Morgan fingerprint density at radius 2 is 1.74 bits per heavy atom. The zero-order chi connectivity index (χ0) is 21.9. The normalized spacial score (nSPS) is 29.8. The van der Waals surface area contributed by atoms with E-state index in [1.807, 2.05) is 0 Å². The molecule has 4 saturated carbocycles. The lowest BCUT2D eigenvalue weighted by Gasteiger charge is -2.56. The van der Waals surface area contributed by atoms with Gasteiger partial charge in [0.1, 0.15) is 11.3 Å². The lowest BCUT2D eigenvalue weighted by atomic mass is 9.49. The number of hydrogen-bond donors (Lipinski definition) is 3. The van der Waals surface area contributed by atoms with Gasteiger partial charge in [0.05, 0.1) is 11.6 Å². The maximum atomic E-state index is 13.3. The molecule has 2 aromatic heterocycles. The number of imidazole rings is 1. The Balaban J connectivity index is 1.46. The standard InChI is InChI=1S/C23H29N5O3/c1-12(20(24)29)19-18(21(25)30)27-17-4-2-3-16(28(17)19)22(31)26-11-23-8-13-5-14(9-23)7-15(6-13)10-23/h2-4,12-15H,5-11H2,1H3,(H2,24,29)(H2,25,30)(H,26,31). The number of nitrogens with zero attached hydrogens (tertiary/aromatic N) is 2. The summed E-state index contributed by atoms with van der Waals surface area (Å²) in [6.45, 7) is 2.24. The van der Waals surface area contributed by atoms with Crippen LogP contribution < -0.4 is 16.8 Å². The molecule has 5 N–H and O–H groups in total. The molecule has 3 amide bonds. The number of pyridine rings is 1. The highest BCUT2D eigenvalue weighted by atomic mass is 16.2. The first kappa shape index (κ1) is 20.0. The summed E-state index contributed by atoms with van der Waals surface area (Å²) in [6.07, 6.45) is 7.66. The van der Waals surface area contributed by atoms with Crippen molar-refractivity contribution in [2.45, 2.75) is 51.4 Å². The minimum absolute atomic E-state index is 0.0346. The van der Waals surface area contributed by atoms with Crippen LogP contribution in [-0.2, 0) is 4.79 Å². The van der Waals surface area contributed by atoms with Crippen LogP contribution in [0.4, 0.5) is 0 Å². The van der Waals surface area contributed by atoms with Gasteiger partial charge < -0.3 is 16.8 Å². The van der Waals surface area contributed by atoms with Crippen molar-refractivity contribution in [1.82, 2.24) is 14.7 Å². The third-order valence-corrected chi connectivity index (χ3v) is 7.77. The van der Waals surface area contributed by atoms with Gasteiger partial charge in [0.2, 0.25) is 5.91 Å². The van der Waals surface area contributed by atoms with Gasteiger partial charge in [0, 0.05) is 6.54 Å². The van der Waals surface area contributed by atoms with Gasteiger partial charge in [-0.2, -0.15) is 0 Å². The topological polar surface area (TPSA) is 133 Å². The second-order valence-electron chi connectivity index (χ2n) is 10.0. The van der Waals surface area contributed by atoms with Crippen molar-refractivity contribution in [3.8, 4) is 0 Å². The minimum Gasteiger partial charge on any atom is -0.369 e. The van der Waals surface area contributed by atoms with Crippen LogP contribution in [0.5, 0.6) is 0 Å². The number of hydrogen-bond acceptors (Lipinski definition) is 4. The van der Waals surface area contributed by atoms with Gasteiger partial charge in [-0.15, -0.1) is 0 Å². The van der Waals surface area contributed by atoms with Crippen LogP contribution in [0, 0.1) is 23.2 Å². The van der Waals surface area contributed by atoms with Crippen molar-refractivity contribution in [2.75, 3.05) is 6.54 Å². The van der Waals surface area contributed by atoms with Gasteiger partial charge in [-0.3, -0.25) is 18.8 Å². The van der Waals surface area contributed by atoms with Gasteiger partial charge in [-0.05, 0) is 80.8 Å². The van der Waals surface area contributed by atoms with E-state index in [2.05, 4.69) is 10.3 Å². The largest absolute Gasteiger partial charge is 0.369 e. The van der Waals surface area contributed by atoms with Crippen LogP contribution in [0.15, 0.2) is 18.2 Å². The molecule has 1 unspecified atom stereocenters. The van der Waals surface area contributed by atoms with Crippen LogP contribution in [0.3, 0.4) is 0 Å². The van der Waals surface area contributed by atoms with Crippen molar-refractivity contribution in [3.05, 3.63) is 35.3 Å². The fourth-order valence-electron chi connectivity index (χ4n) is 6.87. The van der Waals surface area contributed by atoms with Gasteiger partial charge in [0.25, 0.3) is 11.8 Å². The molecule has 164 valence electrons. The van der Waals surface area contributed by atoms with Crippen LogP contribution in [0.1, 0.15) is 78.0 Å². The van der Waals surface area contributed by atoms with E-state index in [1.165, 1.54) is 38.5 Å². The molecule has 4 aliphatic carbocycles. The summed E-state index contributed by atoms with van der Waals surface area (Å²) in [5.74, 6) is -0.0220. The molecular formula is C23H29N5O3. The van der Waals surface area contributed by atoms with Gasteiger partial charge in [0.15, 0.2) is 5.69 Å². The summed E-state index contributed by atoms with van der Waals surface area (Å²) >= 11 is 0. The SMILES string of the molecule is CC(C(N)=O)c1c(C(N)=O)nc2cccc(C(=O)NCC34CC5CC(CC(C5)C3)C4)n12. The molecule has 31 heavy (non-hydrogen) atoms. The van der Waals surface area contributed by atoms with E-state index in [9.17, 15) is 14.4 Å². The smallest absolute Gasteiger partial charge is 0.269 e. The number of amides is 3. The Hall–Kier alpha value is -2.90. The van der Waals surface area contributed by atoms with Crippen LogP contribution in [0.25, 0.3) is 5.65 Å². The molecule has 4 aliphatic rings.